The SMILES string of the molecule is COCOC1Cc2ccc(C(=O)OC)cc2O1. The molecule has 1 aromatic rings. The smallest absolute Gasteiger partial charge is 0.337 e. The number of carbonyl (C=O) groups is 1. The highest BCUT2D eigenvalue weighted by atomic mass is 16.7. The van der Waals surface area contributed by atoms with Gasteiger partial charge in [-0.05, 0) is 12.1 Å². The van der Waals surface area contributed by atoms with Crippen LogP contribution in [0.3, 0.4) is 0 Å². The summed E-state index contributed by atoms with van der Waals surface area (Å²) in [7, 11) is 2.90. The number of methoxy groups -OCH3 is 2. The van der Waals surface area contributed by atoms with E-state index in [0.717, 1.165) is 5.56 Å². The molecule has 0 aromatic heterocycles. The van der Waals surface area contributed by atoms with Crippen LogP contribution in [0.2, 0.25) is 0 Å². The minimum Gasteiger partial charge on any atom is -0.465 e. The maximum Gasteiger partial charge on any atom is 0.337 e. The van der Waals surface area contributed by atoms with Crippen molar-refractivity contribution in [2.45, 2.75) is 12.7 Å². The predicted octanol–water partition coefficient (Wildman–Crippen LogP) is 1.35. The first-order valence-electron chi connectivity index (χ1n) is 5.23. The number of fused-ring (bicyclic) bond motifs is 1. The average molecular weight is 238 g/mol. The van der Waals surface area contributed by atoms with Gasteiger partial charge in [0.05, 0.1) is 12.7 Å². The summed E-state index contributed by atoms with van der Waals surface area (Å²) >= 11 is 0. The molecular formula is C12H14O5. The topological polar surface area (TPSA) is 54.0 Å². The van der Waals surface area contributed by atoms with E-state index in [4.69, 9.17) is 14.2 Å². The lowest BCUT2D eigenvalue weighted by Crippen LogP contribution is -2.18. The van der Waals surface area contributed by atoms with Crippen LogP contribution in [-0.4, -0.2) is 33.3 Å². The van der Waals surface area contributed by atoms with E-state index in [2.05, 4.69) is 4.74 Å². The summed E-state index contributed by atoms with van der Waals surface area (Å²) in [6.07, 6.45) is 0.304. The van der Waals surface area contributed by atoms with Gasteiger partial charge in [-0.15, -0.1) is 0 Å². The Balaban J connectivity index is 2.08. The van der Waals surface area contributed by atoms with Crippen LogP contribution in [0.1, 0.15) is 15.9 Å². The normalized spacial score (nSPS) is 17.4. The zero-order valence-electron chi connectivity index (χ0n) is 9.76. The highest BCUT2D eigenvalue weighted by molar-refractivity contribution is 5.90. The number of hydrogen-bond donors (Lipinski definition) is 0. The Morgan fingerprint density at radius 3 is 3.00 bits per heavy atom. The maximum absolute atomic E-state index is 11.3. The molecule has 0 fully saturated rings. The number of ether oxygens (including phenoxy) is 4. The summed E-state index contributed by atoms with van der Waals surface area (Å²) in [6, 6.07) is 5.22. The first-order chi connectivity index (χ1) is 8.24. The summed E-state index contributed by atoms with van der Waals surface area (Å²) in [5, 5.41) is 0. The highest BCUT2D eigenvalue weighted by Gasteiger charge is 2.24. The molecule has 0 radical (unpaired) electrons. The highest BCUT2D eigenvalue weighted by Crippen LogP contribution is 2.30. The number of benzene rings is 1. The molecular weight excluding hydrogens is 224 g/mol. The van der Waals surface area contributed by atoms with Crippen molar-refractivity contribution in [2.24, 2.45) is 0 Å². The molecule has 17 heavy (non-hydrogen) atoms. The molecule has 2 rings (SSSR count). The summed E-state index contributed by atoms with van der Waals surface area (Å²) in [5.74, 6) is 0.284. The molecule has 0 spiro atoms. The van der Waals surface area contributed by atoms with Gasteiger partial charge in [0.25, 0.3) is 0 Å². The molecule has 0 aliphatic carbocycles. The fourth-order valence-electron chi connectivity index (χ4n) is 1.68. The first kappa shape index (κ1) is 11.9. The van der Waals surface area contributed by atoms with Crippen LogP contribution in [-0.2, 0) is 20.6 Å². The standard InChI is InChI=1S/C12H14O5/c1-14-7-16-11-6-8-3-4-9(12(13)15-2)5-10(8)17-11/h3-5,11H,6-7H2,1-2H3. The molecule has 1 aliphatic heterocycles. The Hall–Kier alpha value is -1.59. The zero-order chi connectivity index (χ0) is 12.3. The van der Waals surface area contributed by atoms with Crippen molar-refractivity contribution in [2.75, 3.05) is 21.0 Å². The van der Waals surface area contributed by atoms with Crippen molar-refractivity contribution >= 4 is 5.97 Å². The van der Waals surface area contributed by atoms with Crippen molar-refractivity contribution in [3.8, 4) is 5.75 Å². The van der Waals surface area contributed by atoms with Crippen LogP contribution < -0.4 is 4.74 Å². The third-order valence-electron chi connectivity index (χ3n) is 2.51. The van der Waals surface area contributed by atoms with Crippen LogP contribution >= 0.6 is 0 Å². The Morgan fingerprint density at radius 2 is 2.29 bits per heavy atom. The van der Waals surface area contributed by atoms with Crippen LogP contribution in [0.4, 0.5) is 0 Å². The number of rotatable bonds is 4. The molecule has 0 N–H and O–H groups in total. The Kier molecular flexibility index (Phi) is 3.61. The van der Waals surface area contributed by atoms with Crippen LogP contribution in [0.5, 0.6) is 5.75 Å². The van der Waals surface area contributed by atoms with Crippen molar-refractivity contribution < 1.29 is 23.7 Å². The molecule has 92 valence electrons. The fraction of sp³-hybridized carbons (Fsp3) is 0.417. The van der Waals surface area contributed by atoms with Gasteiger partial charge in [-0.3, -0.25) is 0 Å². The van der Waals surface area contributed by atoms with Gasteiger partial charge in [-0.25, -0.2) is 4.79 Å². The van der Waals surface area contributed by atoms with E-state index < -0.39 is 0 Å². The molecule has 1 atom stereocenters. The van der Waals surface area contributed by atoms with Crippen molar-refractivity contribution in [1.29, 1.82) is 0 Å². The minimum atomic E-state index is -0.377. The van der Waals surface area contributed by atoms with Crippen LogP contribution in [0.25, 0.3) is 0 Å². The molecule has 1 aromatic carbocycles. The van der Waals surface area contributed by atoms with E-state index in [1.54, 1.807) is 19.2 Å². The van der Waals surface area contributed by atoms with Gasteiger partial charge in [-0.1, -0.05) is 6.07 Å². The average Bonchev–Trinajstić information content (AvgIpc) is 2.76. The van der Waals surface area contributed by atoms with Crippen LogP contribution in [0.15, 0.2) is 18.2 Å². The number of hydrogen-bond acceptors (Lipinski definition) is 5. The van der Waals surface area contributed by atoms with Crippen molar-refractivity contribution in [1.82, 2.24) is 0 Å². The maximum atomic E-state index is 11.3. The van der Waals surface area contributed by atoms with Crippen LogP contribution in [0, 0.1) is 0 Å². The van der Waals surface area contributed by atoms with Gasteiger partial charge >= 0.3 is 5.97 Å². The third kappa shape index (κ3) is 2.57. The Morgan fingerprint density at radius 1 is 1.47 bits per heavy atom. The van der Waals surface area contributed by atoms with Gasteiger partial charge in [0.2, 0.25) is 6.29 Å². The quantitative estimate of drug-likeness (QED) is 0.585. The molecule has 0 saturated carbocycles. The van der Waals surface area contributed by atoms with Gasteiger partial charge in [0.1, 0.15) is 5.75 Å². The molecule has 0 saturated heterocycles. The molecule has 5 nitrogen and oxygen atoms in total. The fourth-order valence-corrected chi connectivity index (χ4v) is 1.68. The summed E-state index contributed by atoms with van der Waals surface area (Å²) in [4.78, 5) is 11.3. The van der Waals surface area contributed by atoms with E-state index in [9.17, 15) is 4.79 Å². The summed E-state index contributed by atoms with van der Waals surface area (Å²) in [6.45, 7) is 0.183. The Bertz CT molecular complexity index is 415. The van der Waals surface area contributed by atoms with Gasteiger partial charge in [0, 0.05) is 19.1 Å². The lowest BCUT2D eigenvalue weighted by Gasteiger charge is -2.10. The van der Waals surface area contributed by atoms with E-state index in [1.165, 1.54) is 7.11 Å². The van der Waals surface area contributed by atoms with E-state index in [0.29, 0.717) is 17.7 Å². The monoisotopic (exact) mass is 238 g/mol. The van der Waals surface area contributed by atoms with Gasteiger partial charge in [0.15, 0.2) is 6.79 Å². The third-order valence-corrected chi connectivity index (χ3v) is 2.51. The molecule has 0 bridgehead atoms. The first-order valence-corrected chi connectivity index (χ1v) is 5.23. The minimum absolute atomic E-state index is 0.183. The van der Waals surface area contributed by atoms with Crippen molar-refractivity contribution in [3.05, 3.63) is 29.3 Å². The second-order valence-corrected chi connectivity index (χ2v) is 3.64. The lowest BCUT2D eigenvalue weighted by molar-refractivity contribution is -0.137. The molecule has 5 heteroatoms. The van der Waals surface area contributed by atoms with E-state index >= 15 is 0 Å². The summed E-state index contributed by atoms with van der Waals surface area (Å²) < 4.78 is 20.3. The van der Waals surface area contributed by atoms with Crippen molar-refractivity contribution in [3.63, 3.8) is 0 Å². The lowest BCUT2D eigenvalue weighted by atomic mass is 10.1. The van der Waals surface area contributed by atoms with Gasteiger partial charge in [-0.2, -0.15) is 0 Å². The molecule has 1 unspecified atom stereocenters. The Labute approximate surface area is 99.2 Å². The molecule has 1 aliphatic rings. The number of carbonyl (C=O) groups excluding carboxylic acids is 1. The molecule has 1 heterocycles. The predicted molar refractivity (Wildman–Crippen MR) is 58.9 cm³/mol. The molecule has 0 amide bonds. The van der Waals surface area contributed by atoms with Gasteiger partial charge < -0.3 is 18.9 Å². The summed E-state index contributed by atoms with van der Waals surface area (Å²) in [5.41, 5.74) is 1.48. The second kappa shape index (κ2) is 5.16. The zero-order valence-corrected chi connectivity index (χ0v) is 9.76. The number of esters is 1. The van der Waals surface area contributed by atoms with E-state index in [1.807, 2.05) is 6.07 Å². The second-order valence-electron chi connectivity index (χ2n) is 3.64. The van der Waals surface area contributed by atoms with E-state index in [-0.39, 0.29) is 19.1 Å². The largest absolute Gasteiger partial charge is 0.465 e.